The molecule has 0 aromatic heterocycles. The molecule has 0 aliphatic rings. The van der Waals surface area contributed by atoms with E-state index in [1.165, 1.54) is 11.8 Å². The van der Waals surface area contributed by atoms with Gasteiger partial charge in [0.2, 0.25) is 0 Å². The Morgan fingerprint density at radius 3 is 2.89 bits per heavy atom. The van der Waals surface area contributed by atoms with Crippen molar-refractivity contribution in [2.24, 2.45) is 0 Å². The van der Waals surface area contributed by atoms with Gasteiger partial charge in [0.1, 0.15) is 0 Å². The quantitative estimate of drug-likeness (QED) is 0.216. The van der Waals surface area contributed by atoms with E-state index < -0.39 is 0 Å². The summed E-state index contributed by atoms with van der Waals surface area (Å²) in [4.78, 5) is 13.6. The third-order valence-corrected chi connectivity index (χ3v) is 1.41. The zero-order chi connectivity index (χ0) is 6.41. The van der Waals surface area contributed by atoms with Crippen molar-refractivity contribution in [2.75, 3.05) is 6.26 Å². The van der Waals surface area contributed by atoms with Crippen molar-refractivity contribution in [3.8, 4) is 0 Å². The maximum atomic E-state index is 9.47. The molecule has 6 heteroatoms. The van der Waals surface area contributed by atoms with Crippen LogP contribution in [0.15, 0.2) is 0 Å². The van der Waals surface area contributed by atoms with Gasteiger partial charge in [0.05, 0.1) is 0 Å². The molecule has 0 spiro atoms. The molecule has 0 rings (SSSR count). The number of hydrogen-bond donors (Lipinski definition) is 1. The van der Waals surface area contributed by atoms with Crippen LogP contribution in [0.2, 0.25) is 0 Å². The maximum Gasteiger partial charge on any atom is 1.00 e. The summed E-state index contributed by atoms with van der Waals surface area (Å²) in [5.74, 6) is 0. The topological polar surface area (TPSA) is 38.3 Å². The summed E-state index contributed by atoms with van der Waals surface area (Å²) in [6.45, 7) is 0.280. The van der Waals surface area contributed by atoms with Gasteiger partial charge in [-0.2, -0.15) is 0 Å². The average molecular weight is 175 g/mol. The predicted molar refractivity (Wildman–Crippen MR) is 37.5 cm³/mol. The molecule has 0 amide bonds. The molecule has 0 heterocycles. The van der Waals surface area contributed by atoms with Gasteiger partial charge in [0.25, 0.3) is 0 Å². The SMILES string of the molecule is CSC(=S)NOC=O.[H-].[Na+]. The third kappa shape index (κ3) is 8.71. The van der Waals surface area contributed by atoms with Gasteiger partial charge in [-0.1, -0.05) is 11.8 Å². The van der Waals surface area contributed by atoms with Crippen LogP contribution in [-0.4, -0.2) is 17.0 Å². The Balaban J connectivity index is -0.000000245. The van der Waals surface area contributed by atoms with E-state index in [2.05, 4.69) is 22.5 Å². The molecule has 3 nitrogen and oxygen atoms in total. The molecule has 0 bridgehead atoms. The number of hydroxylamine groups is 1. The van der Waals surface area contributed by atoms with E-state index in [0.29, 0.717) is 4.32 Å². The summed E-state index contributed by atoms with van der Waals surface area (Å²) in [7, 11) is 0. The number of carbonyl (C=O) groups excluding carboxylic acids is 1. The molecule has 0 saturated heterocycles. The van der Waals surface area contributed by atoms with Crippen molar-refractivity contribution >= 4 is 34.8 Å². The van der Waals surface area contributed by atoms with E-state index in [1.54, 1.807) is 6.26 Å². The summed E-state index contributed by atoms with van der Waals surface area (Å²) in [6, 6.07) is 0. The minimum Gasteiger partial charge on any atom is -1.00 e. The van der Waals surface area contributed by atoms with E-state index >= 15 is 0 Å². The van der Waals surface area contributed by atoms with Crippen molar-refractivity contribution in [1.82, 2.24) is 5.48 Å². The minimum absolute atomic E-state index is 0. The molecule has 1 N–H and O–H groups in total. The molecular formula is C3H6NNaO2S2. The van der Waals surface area contributed by atoms with Crippen molar-refractivity contribution in [3.05, 3.63) is 0 Å². The van der Waals surface area contributed by atoms with Gasteiger partial charge >= 0.3 is 36.0 Å². The van der Waals surface area contributed by atoms with Crippen LogP contribution in [0, 0.1) is 0 Å². The van der Waals surface area contributed by atoms with E-state index in [1.807, 2.05) is 0 Å². The third-order valence-electron chi connectivity index (χ3n) is 0.376. The molecule has 0 atom stereocenters. The number of thioether (sulfide) groups is 1. The van der Waals surface area contributed by atoms with Crippen molar-refractivity contribution in [1.29, 1.82) is 0 Å². The first-order valence-electron chi connectivity index (χ1n) is 1.74. The Labute approximate surface area is 86.6 Å². The number of carbonyl (C=O) groups is 1. The molecule has 0 saturated carbocycles. The Morgan fingerprint density at radius 2 is 2.56 bits per heavy atom. The maximum absolute atomic E-state index is 9.47. The Bertz CT molecular complexity index is 105. The summed E-state index contributed by atoms with van der Waals surface area (Å²) in [5.41, 5.74) is 2.21. The number of thiocarbonyl (C=S) groups is 1. The van der Waals surface area contributed by atoms with Crippen LogP contribution in [0.25, 0.3) is 0 Å². The van der Waals surface area contributed by atoms with Gasteiger partial charge in [-0.3, -0.25) is 4.79 Å². The molecule has 0 aliphatic carbocycles. The van der Waals surface area contributed by atoms with Crippen molar-refractivity contribution in [3.63, 3.8) is 0 Å². The summed E-state index contributed by atoms with van der Waals surface area (Å²) in [6.07, 6.45) is 1.78. The standard InChI is InChI=1S/C3H5NO2S2.Na.H/c1-8-3(7)4-6-2-5;;/h2H,1H3,(H,4,7);;/q;+1;-1. The largest absolute Gasteiger partial charge is 1.00 e. The van der Waals surface area contributed by atoms with Gasteiger partial charge in [0.15, 0.2) is 4.32 Å². The van der Waals surface area contributed by atoms with Gasteiger partial charge in [-0.25, -0.2) is 5.48 Å². The van der Waals surface area contributed by atoms with E-state index in [-0.39, 0.29) is 37.5 Å². The van der Waals surface area contributed by atoms with Crippen LogP contribution in [-0.2, 0) is 9.63 Å². The average Bonchev–Trinajstić information content (AvgIpc) is 1.83. The summed E-state index contributed by atoms with van der Waals surface area (Å²) in [5, 5.41) is 0. The van der Waals surface area contributed by atoms with Crippen LogP contribution < -0.4 is 35.0 Å². The zero-order valence-corrected chi connectivity index (χ0v) is 8.84. The molecule has 0 aromatic carbocycles. The first-order chi connectivity index (χ1) is 3.81. The smallest absolute Gasteiger partial charge is 1.00 e. The Morgan fingerprint density at radius 1 is 2.00 bits per heavy atom. The van der Waals surface area contributed by atoms with Crippen molar-refractivity contribution < 1.29 is 40.6 Å². The second-order valence-corrected chi connectivity index (χ2v) is 2.29. The zero-order valence-electron chi connectivity index (χ0n) is 6.21. The fourth-order valence-electron chi connectivity index (χ4n) is 0.114. The van der Waals surface area contributed by atoms with Crippen LogP contribution in [0.1, 0.15) is 1.43 Å². The van der Waals surface area contributed by atoms with E-state index in [0.717, 1.165) is 0 Å². The van der Waals surface area contributed by atoms with Gasteiger partial charge < -0.3 is 6.26 Å². The summed E-state index contributed by atoms with van der Waals surface area (Å²) < 4.78 is 0.442. The molecule has 0 aliphatic heterocycles. The second-order valence-electron chi connectivity index (χ2n) is 0.808. The van der Waals surface area contributed by atoms with Crippen LogP contribution >= 0.6 is 24.0 Å². The van der Waals surface area contributed by atoms with Crippen LogP contribution in [0.5, 0.6) is 0 Å². The number of nitrogens with one attached hydrogen (secondary N) is 1. The Kier molecular flexibility index (Phi) is 12.0. The minimum atomic E-state index is 0. The fraction of sp³-hybridized carbons (Fsp3) is 0.333. The number of rotatable bonds is 2. The molecular weight excluding hydrogens is 169 g/mol. The van der Waals surface area contributed by atoms with Gasteiger partial charge in [0, 0.05) is 0 Å². The van der Waals surface area contributed by atoms with E-state index in [4.69, 9.17) is 0 Å². The van der Waals surface area contributed by atoms with Gasteiger partial charge in [-0.15, -0.1) is 0 Å². The summed E-state index contributed by atoms with van der Waals surface area (Å²) >= 11 is 5.89. The fourth-order valence-corrected chi connectivity index (χ4v) is 0.293. The van der Waals surface area contributed by atoms with Crippen LogP contribution in [0.4, 0.5) is 0 Å². The van der Waals surface area contributed by atoms with Crippen molar-refractivity contribution in [2.45, 2.75) is 0 Å². The van der Waals surface area contributed by atoms with Crippen LogP contribution in [0.3, 0.4) is 0 Å². The first-order valence-corrected chi connectivity index (χ1v) is 3.38. The monoisotopic (exact) mass is 175 g/mol. The normalized spacial score (nSPS) is 6.78. The molecule has 0 radical (unpaired) electrons. The van der Waals surface area contributed by atoms with Gasteiger partial charge in [-0.05, 0) is 18.5 Å². The number of hydrogen-bond acceptors (Lipinski definition) is 4. The predicted octanol–water partition coefficient (Wildman–Crippen LogP) is -2.57. The molecule has 0 unspecified atom stereocenters. The molecule has 48 valence electrons. The molecule has 0 fully saturated rings. The second kappa shape index (κ2) is 8.71. The molecule has 9 heavy (non-hydrogen) atoms. The van der Waals surface area contributed by atoms with E-state index in [9.17, 15) is 4.79 Å². The Hall–Kier alpha value is 0.710. The first kappa shape index (κ1) is 12.4. The molecule has 0 aromatic rings.